The molecule has 0 saturated heterocycles. The Bertz CT molecular complexity index is 1250. The van der Waals surface area contributed by atoms with Gasteiger partial charge in [-0.15, -0.1) is 11.3 Å². The van der Waals surface area contributed by atoms with Crippen LogP contribution >= 0.6 is 11.3 Å². The van der Waals surface area contributed by atoms with Crippen molar-refractivity contribution in [3.63, 3.8) is 0 Å². The number of nitrogen functional groups attached to an aromatic ring is 1. The van der Waals surface area contributed by atoms with Crippen LogP contribution in [0.1, 0.15) is 42.9 Å². The van der Waals surface area contributed by atoms with Crippen molar-refractivity contribution in [1.82, 2.24) is 9.88 Å². The molecular formula is C19H15N3O5S. The van der Waals surface area contributed by atoms with Crippen LogP contribution in [-0.2, 0) is 4.74 Å². The molecule has 3 aromatic rings. The first kappa shape index (κ1) is 17.9. The summed E-state index contributed by atoms with van der Waals surface area (Å²) in [5, 5.41) is 2.91. The van der Waals surface area contributed by atoms with Gasteiger partial charge in [-0.2, -0.15) is 0 Å². The van der Waals surface area contributed by atoms with Gasteiger partial charge < -0.3 is 10.5 Å². The summed E-state index contributed by atoms with van der Waals surface area (Å²) in [6.45, 7) is 3.82. The smallest absolute Gasteiger partial charge is 0.348 e. The van der Waals surface area contributed by atoms with Gasteiger partial charge in [-0.25, -0.2) is 4.79 Å². The second-order valence-corrected chi connectivity index (χ2v) is 7.28. The van der Waals surface area contributed by atoms with E-state index in [0.29, 0.717) is 10.6 Å². The topological polar surface area (TPSA) is 120 Å². The molecule has 0 saturated carbocycles. The molecule has 28 heavy (non-hydrogen) atoms. The lowest BCUT2D eigenvalue weighted by atomic mass is 10.1. The molecule has 0 atom stereocenters. The number of imide groups is 1. The number of hydrogen-bond acceptors (Lipinski definition) is 7. The van der Waals surface area contributed by atoms with Crippen LogP contribution in [0.2, 0.25) is 0 Å². The molecule has 3 N–H and O–H groups in total. The van der Waals surface area contributed by atoms with E-state index in [4.69, 9.17) is 10.5 Å². The molecule has 0 bridgehead atoms. The van der Waals surface area contributed by atoms with Gasteiger partial charge in [-0.1, -0.05) is 0 Å². The number of nitrogens with zero attached hydrogens (tertiary/aromatic N) is 1. The number of benzene rings is 1. The highest BCUT2D eigenvalue weighted by Crippen LogP contribution is 2.33. The Morgan fingerprint density at radius 3 is 2.68 bits per heavy atom. The number of esters is 1. The number of hydrogen-bond donors (Lipinski definition) is 2. The zero-order valence-corrected chi connectivity index (χ0v) is 15.8. The fraction of sp³-hybridized carbons (Fsp3) is 0.158. The van der Waals surface area contributed by atoms with Gasteiger partial charge >= 0.3 is 5.97 Å². The highest BCUT2D eigenvalue weighted by Gasteiger charge is 2.32. The highest BCUT2D eigenvalue weighted by atomic mass is 32.1. The number of thiophene rings is 1. The van der Waals surface area contributed by atoms with Crippen molar-refractivity contribution in [1.29, 1.82) is 0 Å². The molecular weight excluding hydrogens is 382 g/mol. The van der Waals surface area contributed by atoms with Crippen molar-refractivity contribution in [2.75, 3.05) is 12.3 Å². The zero-order valence-electron chi connectivity index (χ0n) is 15.0. The molecule has 0 unspecified atom stereocenters. The minimum Gasteiger partial charge on any atom is -0.462 e. The van der Waals surface area contributed by atoms with E-state index in [2.05, 4.69) is 5.32 Å². The molecule has 2 amide bonds. The predicted molar refractivity (Wildman–Crippen MR) is 104 cm³/mol. The standard InChI is InChI=1S/C19H15N3O5S/c1-3-27-19(26)15-8(2)10-6-9(4-5-12(10)28-15)22-13(23)7-11-14(16(22)20)18(25)21-17(11)24/h4-7H,3,20H2,1-2H3,(H,21,24,25). The Kier molecular flexibility index (Phi) is 4.04. The Morgan fingerprint density at radius 2 is 1.96 bits per heavy atom. The van der Waals surface area contributed by atoms with E-state index >= 15 is 0 Å². The number of nitrogens with one attached hydrogen (secondary N) is 1. The third-order valence-electron chi connectivity index (χ3n) is 4.59. The van der Waals surface area contributed by atoms with Gasteiger partial charge in [0.2, 0.25) is 0 Å². The molecule has 0 aliphatic carbocycles. The highest BCUT2D eigenvalue weighted by molar-refractivity contribution is 7.21. The maximum absolute atomic E-state index is 12.6. The second-order valence-electron chi connectivity index (χ2n) is 6.23. The van der Waals surface area contributed by atoms with E-state index in [0.717, 1.165) is 21.7 Å². The summed E-state index contributed by atoms with van der Waals surface area (Å²) >= 11 is 1.30. The maximum atomic E-state index is 12.6. The SMILES string of the molecule is CCOC(=O)c1sc2ccc(-n3c(N)c4c(cc3=O)C(=O)NC4=O)cc2c1C. The monoisotopic (exact) mass is 397 g/mol. The second kappa shape index (κ2) is 6.31. The van der Waals surface area contributed by atoms with Gasteiger partial charge in [0, 0.05) is 10.8 Å². The zero-order chi connectivity index (χ0) is 20.2. The molecule has 0 fully saturated rings. The molecule has 3 heterocycles. The van der Waals surface area contributed by atoms with E-state index in [9.17, 15) is 19.2 Å². The Morgan fingerprint density at radius 1 is 1.21 bits per heavy atom. The van der Waals surface area contributed by atoms with Crippen molar-refractivity contribution in [2.24, 2.45) is 0 Å². The van der Waals surface area contributed by atoms with Crippen LogP contribution in [-0.4, -0.2) is 29.0 Å². The quantitative estimate of drug-likeness (QED) is 0.515. The third-order valence-corrected chi connectivity index (χ3v) is 5.85. The largest absolute Gasteiger partial charge is 0.462 e. The number of aromatic nitrogens is 1. The molecule has 2 aromatic heterocycles. The lowest BCUT2D eigenvalue weighted by Crippen LogP contribution is -2.24. The summed E-state index contributed by atoms with van der Waals surface area (Å²) < 4.78 is 7.11. The first-order valence-corrected chi connectivity index (χ1v) is 9.27. The van der Waals surface area contributed by atoms with E-state index in [1.54, 1.807) is 32.0 Å². The Labute approximate surface area is 162 Å². The van der Waals surface area contributed by atoms with Gasteiger partial charge in [0.1, 0.15) is 10.7 Å². The third kappa shape index (κ3) is 2.51. The Hall–Kier alpha value is -3.46. The van der Waals surface area contributed by atoms with Crippen molar-refractivity contribution in [2.45, 2.75) is 13.8 Å². The first-order chi connectivity index (χ1) is 13.3. The fourth-order valence-electron chi connectivity index (χ4n) is 3.29. The van der Waals surface area contributed by atoms with Crippen LogP contribution < -0.4 is 16.6 Å². The minimum absolute atomic E-state index is 0.0149. The van der Waals surface area contributed by atoms with Gasteiger partial charge in [0.25, 0.3) is 17.4 Å². The number of fused-ring (bicyclic) bond motifs is 2. The number of ether oxygens (including phenoxy) is 1. The van der Waals surface area contributed by atoms with E-state index in [1.807, 2.05) is 0 Å². The van der Waals surface area contributed by atoms with Gasteiger partial charge in [-0.3, -0.25) is 24.3 Å². The predicted octanol–water partition coefficient (Wildman–Crippen LogP) is 2.00. The van der Waals surface area contributed by atoms with Gasteiger partial charge in [0.05, 0.1) is 23.4 Å². The summed E-state index contributed by atoms with van der Waals surface area (Å²) in [5.74, 6) is -1.78. The molecule has 1 aromatic carbocycles. The summed E-state index contributed by atoms with van der Waals surface area (Å²) in [4.78, 5) is 49.0. The number of pyridine rings is 1. The maximum Gasteiger partial charge on any atom is 0.348 e. The van der Waals surface area contributed by atoms with Crippen molar-refractivity contribution in [3.8, 4) is 5.69 Å². The summed E-state index contributed by atoms with van der Waals surface area (Å²) in [7, 11) is 0. The summed E-state index contributed by atoms with van der Waals surface area (Å²) in [5.41, 5.74) is 6.67. The Balaban J connectivity index is 1.92. The number of nitrogens with two attached hydrogens (primary N) is 1. The number of amides is 2. The number of carbonyl (C=O) groups excluding carboxylic acids is 3. The molecule has 142 valence electrons. The molecule has 0 spiro atoms. The molecule has 9 heteroatoms. The van der Waals surface area contributed by atoms with Gasteiger partial charge in [-0.05, 0) is 43.0 Å². The number of carbonyl (C=O) groups is 3. The van der Waals surface area contributed by atoms with E-state index in [-0.39, 0.29) is 23.6 Å². The average molecular weight is 397 g/mol. The molecule has 4 rings (SSSR count). The van der Waals surface area contributed by atoms with E-state index < -0.39 is 23.3 Å². The summed E-state index contributed by atoms with van der Waals surface area (Å²) in [6.07, 6.45) is 0. The van der Waals surface area contributed by atoms with Crippen molar-refractivity contribution >= 4 is 45.0 Å². The van der Waals surface area contributed by atoms with Crippen molar-refractivity contribution in [3.05, 3.63) is 56.2 Å². The number of aryl methyl sites for hydroxylation is 1. The lowest BCUT2D eigenvalue weighted by molar-refractivity contribution is 0.0531. The number of rotatable bonds is 3. The van der Waals surface area contributed by atoms with Crippen LogP contribution in [0.3, 0.4) is 0 Å². The first-order valence-electron chi connectivity index (χ1n) is 8.45. The minimum atomic E-state index is -0.640. The summed E-state index contributed by atoms with van der Waals surface area (Å²) in [6, 6.07) is 6.27. The number of anilines is 1. The van der Waals surface area contributed by atoms with Crippen LogP contribution in [0.5, 0.6) is 0 Å². The molecule has 0 radical (unpaired) electrons. The normalized spacial score (nSPS) is 12.9. The van der Waals surface area contributed by atoms with Crippen LogP contribution in [0.25, 0.3) is 15.8 Å². The van der Waals surface area contributed by atoms with Crippen LogP contribution in [0, 0.1) is 6.92 Å². The van der Waals surface area contributed by atoms with Crippen LogP contribution in [0.15, 0.2) is 29.1 Å². The van der Waals surface area contributed by atoms with E-state index in [1.165, 1.54) is 15.9 Å². The molecule has 8 nitrogen and oxygen atoms in total. The lowest BCUT2D eigenvalue weighted by Gasteiger charge is -2.12. The average Bonchev–Trinajstić information content (AvgIpc) is 3.12. The fourth-order valence-corrected chi connectivity index (χ4v) is 4.37. The molecule has 1 aliphatic heterocycles. The molecule has 1 aliphatic rings. The van der Waals surface area contributed by atoms with Gasteiger partial charge in [0.15, 0.2) is 0 Å². The van der Waals surface area contributed by atoms with Crippen LogP contribution in [0.4, 0.5) is 5.82 Å². The van der Waals surface area contributed by atoms with Crippen molar-refractivity contribution < 1.29 is 19.1 Å².